The van der Waals surface area contributed by atoms with E-state index >= 15 is 0 Å². The Morgan fingerprint density at radius 3 is 1.48 bits per heavy atom. The largest absolute Gasteiger partial charge is 0.309 e. The van der Waals surface area contributed by atoms with Crippen LogP contribution in [0.4, 0.5) is 0 Å². The van der Waals surface area contributed by atoms with E-state index in [9.17, 15) is 4.57 Å². The summed E-state index contributed by atoms with van der Waals surface area (Å²) < 4.78 is 14.5. The normalized spacial score (nSPS) is 11.3. The van der Waals surface area contributed by atoms with Gasteiger partial charge < -0.3 is 4.57 Å². The third-order valence-corrected chi connectivity index (χ3v) is 9.06. The molecule has 5 aromatic carbocycles. The Balaban J connectivity index is 1.50. The molecule has 5 aromatic rings. The van der Waals surface area contributed by atoms with Gasteiger partial charge in [0.1, 0.15) is 0 Å². The Morgan fingerprint density at radius 2 is 0.909 bits per heavy atom. The maximum absolute atomic E-state index is 14.5. The molecule has 0 aliphatic heterocycles. The van der Waals surface area contributed by atoms with Gasteiger partial charge in [0, 0.05) is 15.9 Å². The zero-order valence-corrected chi connectivity index (χ0v) is 19.2. The van der Waals surface area contributed by atoms with Crippen molar-refractivity contribution < 1.29 is 4.57 Å². The first-order valence-corrected chi connectivity index (χ1v) is 12.9. The summed E-state index contributed by atoms with van der Waals surface area (Å²) >= 11 is 0. The first kappa shape index (κ1) is 21.2. The van der Waals surface area contributed by atoms with Crippen molar-refractivity contribution in [3.8, 4) is 11.1 Å². The van der Waals surface area contributed by atoms with E-state index in [0.29, 0.717) is 0 Å². The van der Waals surface area contributed by atoms with Crippen LogP contribution in [0, 0.1) is 0 Å². The second-order valence-corrected chi connectivity index (χ2v) is 11.0. The molecule has 160 valence electrons. The van der Waals surface area contributed by atoms with Gasteiger partial charge in [0.25, 0.3) is 0 Å². The average Bonchev–Trinajstić information content (AvgIpc) is 2.90. The standard InChI is InChI=1S/C31H25OP/c32-33(29-15-6-2-7-16-29,30-17-8-3-9-18-30)31-21-19-27(20-22-31)28-14-10-13-26(24-28)23-25-11-4-1-5-12-25/h1-22,24H,23H2. The Labute approximate surface area is 195 Å². The van der Waals surface area contributed by atoms with Crippen LogP contribution in [0.5, 0.6) is 0 Å². The van der Waals surface area contributed by atoms with E-state index in [0.717, 1.165) is 27.9 Å². The predicted molar refractivity (Wildman–Crippen MR) is 141 cm³/mol. The SMILES string of the molecule is O=P(c1ccccc1)(c1ccccc1)c1ccc(-c2cccc(Cc3ccccc3)c2)cc1. The molecule has 0 aliphatic rings. The van der Waals surface area contributed by atoms with Crippen LogP contribution in [-0.4, -0.2) is 0 Å². The molecular formula is C31H25OP. The Bertz CT molecular complexity index is 1330. The van der Waals surface area contributed by atoms with E-state index in [4.69, 9.17) is 0 Å². The van der Waals surface area contributed by atoms with Crippen LogP contribution in [-0.2, 0) is 11.0 Å². The highest BCUT2D eigenvalue weighted by molar-refractivity contribution is 7.85. The molecule has 1 nitrogen and oxygen atoms in total. The lowest BCUT2D eigenvalue weighted by Crippen LogP contribution is -2.24. The molecule has 0 atom stereocenters. The first-order valence-electron chi connectivity index (χ1n) is 11.2. The zero-order valence-electron chi connectivity index (χ0n) is 18.3. The predicted octanol–water partition coefficient (Wildman–Crippen LogP) is 6.58. The minimum absolute atomic E-state index is 0.851. The van der Waals surface area contributed by atoms with Crippen molar-refractivity contribution in [2.75, 3.05) is 0 Å². The van der Waals surface area contributed by atoms with Gasteiger partial charge in [-0.15, -0.1) is 0 Å². The number of benzene rings is 5. The fraction of sp³-hybridized carbons (Fsp3) is 0.0323. The van der Waals surface area contributed by atoms with Gasteiger partial charge in [0.05, 0.1) is 0 Å². The van der Waals surface area contributed by atoms with Gasteiger partial charge in [-0.25, -0.2) is 0 Å². The Kier molecular flexibility index (Phi) is 6.07. The smallest absolute Gasteiger partial charge is 0.171 e. The van der Waals surface area contributed by atoms with Crippen LogP contribution >= 0.6 is 7.14 Å². The zero-order chi connectivity index (χ0) is 22.5. The van der Waals surface area contributed by atoms with Crippen molar-refractivity contribution in [2.24, 2.45) is 0 Å². The topological polar surface area (TPSA) is 17.1 Å². The monoisotopic (exact) mass is 444 g/mol. The van der Waals surface area contributed by atoms with E-state index in [2.05, 4.69) is 60.7 Å². The average molecular weight is 445 g/mol. The summed E-state index contributed by atoms with van der Waals surface area (Å²) in [4.78, 5) is 0. The maximum atomic E-state index is 14.5. The Hall–Kier alpha value is -3.67. The highest BCUT2D eigenvalue weighted by Crippen LogP contribution is 2.42. The molecule has 0 aliphatic carbocycles. The second kappa shape index (κ2) is 9.45. The van der Waals surface area contributed by atoms with Crippen LogP contribution in [0.2, 0.25) is 0 Å². The molecule has 0 spiro atoms. The highest BCUT2D eigenvalue weighted by Gasteiger charge is 2.29. The van der Waals surface area contributed by atoms with Crippen LogP contribution in [0.25, 0.3) is 11.1 Å². The van der Waals surface area contributed by atoms with E-state index in [1.165, 1.54) is 16.7 Å². The summed E-state index contributed by atoms with van der Waals surface area (Å²) in [5.41, 5.74) is 4.88. The maximum Gasteiger partial charge on any atom is 0.171 e. The van der Waals surface area contributed by atoms with Gasteiger partial charge in [0.2, 0.25) is 0 Å². The van der Waals surface area contributed by atoms with Crippen molar-refractivity contribution in [1.82, 2.24) is 0 Å². The van der Waals surface area contributed by atoms with E-state index in [1.807, 2.05) is 78.9 Å². The second-order valence-electron chi connectivity index (χ2n) is 8.19. The van der Waals surface area contributed by atoms with Crippen molar-refractivity contribution in [1.29, 1.82) is 0 Å². The molecule has 0 bridgehead atoms. The van der Waals surface area contributed by atoms with Gasteiger partial charge in [-0.3, -0.25) is 0 Å². The lowest BCUT2D eigenvalue weighted by atomic mass is 9.99. The molecule has 0 saturated heterocycles. The van der Waals surface area contributed by atoms with Gasteiger partial charge in [0.15, 0.2) is 7.14 Å². The van der Waals surface area contributed by atoms with Crippen molar-refractivity contribution in [2.45, 2.75) is 6.42 Å². The van der Waals surface area contributed by atoms with Crippen LogP contribution in [0.1, 0.15) is 11.1 Å². The highest BCUT2D eigenvalue weighted by atomic mass is 31.2. The summed E-state index contributed by atoms with van der Waals surface area (Å²) in [6.45, 7) is 0. The van der Waals surface area contributed by atoms with Gasteiger partial charge in [-0.1, -0.05) is 140 Å². The molecule has 0 amide bonds. The number of hydrogen-bond donors (Lipinski definition) is 0. The fourth-order valence-electron chi connectivity index (χ4n) is 4.28. The molecule has 0 N–H and O–H groups in total. The molecule has 2 heteroatoms. The minimum Gasteiger partial charge on any atom is -0.309 e. The summed E-state index contributed by atoms with van der Waals surface area (Å²) in [6, 6.07) is 47.0. The lowest BCUT2D eigenvalue weighted by molar-refractivity contribution is 0.592. The molecule has 33 heavy (non-hydrogen) atoms. The fourth-order valence-corrected chi connectivity index (χ4v) is 6.93. The summed E-state index contributed by atoms with van der Waals surface area (Å²) in [5, 5.41) is 2.56. The summed E-state index contributed by atoms with van der Waals surface area (Å²) in [6.07, 6.45) is 0.907. The van der Waals surface area contributed by atoms with Gasteiger partial charge >= 0.3 is 0 Å². The molecule has 0 aromatic heterocycles. The van der Waals surface area contributed by atoms with E-state index < -0.39 is 7.14 Å². The molecule has 0 saturated carbocycles. The number of rotatable bonds is 6. The van der Waals surface area contributed by atoms with Crippen LogP contribution in [0.3, 0.4) is 0 Å². The number of hydrogen-bond acceptors (Lipinski definition) is 1. The minimum atomic E-state index is -2.94. The van der Waals surface area contributed by atoms with Crippen molar-refractivity contribution >= 4 is 23.1 Å². The van der Waals surface area contributed by atoms with Crippen LogP contribution in [0.15, 0.2) is 140 Å². The lowest BCUT2D eigenvalue weighted by Gasteiger charge is -2.20. The molecule has 5 rings (SSSR count). The van der Waals surface area contributed by atoms with Gasteiger partial charge in [-0.2, -0.15) is 0 Å². The molecule has 0 unspecified atom stereocenters. The molecule has 0 heterocycles. The Morgan fingerprint density at radius 1 is 0.424 bits per heavy atom. The molecule has 0 fully saturated rings. The van der Waals surface area contributed by atoms with Crippen molar-refractivity contribution in [3.63, 3.8) is 0 Å². The van der Waals surface area contributed by atoms with Crippen molar-refractivity contribution in [3.05, 3.63) is 151 Å². The molecular weight excluding hydrogens is 419 g/mol. The third-order valence-electron chi connectivity index (χ3n) is 5.98. The van der Waals surface area contributed by atoms with Gasteiger partial charge in [-0.05, 0) is 28.7 Å². The summed E-state index contributed by atoms with van der Waals surface area (Å²) in [5.74, 6) is 0. The quantitative estimate of drug-likeness (QED) is 0.270. The van der Waals surface area contributed by atoms with E-state index in [1.54, 1.807) is 0 Å². The molecule has 0 radical (unpaired) electrons. The first-order chi connectivity index (χ1) is 16.2. The van der Waals surface area contributed by atoms with Crippen LogP contribution < -0.4 is 15.9 Å². The summed E-state index contributed by atoms with van der Waals surface area (Å²) in [7, 11) is -2.94. The third kappa shape index (κ3) is 4.46. The van der Waals surface area contributed by atoms with E-state index in [-0.39, 0.29) is 0 Å².